The summed E-state index contributed by atoms with van der Waals surface area (Å²) in [6.07, 6.45) is 7.29. The molecule has 0 aliphatic carbocycles. The van der Waals surface area contributed by atoms with Crippen LogP contribution in [0.3, 0.4) is 0 Å². The summed E-state index contributed by atoms with van der Waals surface area (Å²) in [7, 11) is 1.85. The van der Waals surface area contributed by atoms with E-state index in [1.165, 1.54) is 0 Å². The summed E-state index contributed by atoms with van der Waals surface area (Å²) in [5.41, 5.74) is 6.87. The number of hydrazine groups is 1. The van der Waals surface area contributed by atoms with Crippen LogP contribution < -0.4 is 10.9 Å². The van der Waals surface area contributed by atoms with Crippen molar-refractivity contribution in [1.29, 1.82) is 0 Å². The summed E-state index contributed by atoms with van der Waals surface area (Å²) in [5, 5.41) is 0. The van der Waals surface area contributed by atoms with Gasteiger partial charge in [0.2, 0.25) is 0 Å². The van der Waals surface area contributed by atoms with E-state index >= 15 is 0 Å². The van der Waals surface area contributed by atoms with Crippen molar-refractivity contribution < 1.29 is 0 Å². The maximum absolute atomic E-state index is 4.41. The fourth-order valence-electron chi connectivity index (χ4n) is 1.68. The maximum atomic E-state index is 4.41. The van der Waals surface area contributed by atoms with Crippen LogP contribution in [0.25, 0.3) is 5.52 Å². The Morgan fingerprint density at radius 2 is 2.13 bits per heavy atom. The molecule has 0 aliphatic heterocycles. The highest BCUT2D eigenvalue weighted by molar-refractivity contribution is 5.43. The number of fused-ring (bicyclic) bond motifs is 1. The highest BCUT2D eigenvalue weighted by Gasteiger charge is 2.24. The van der Waals surface area contributed by atoms with E-state index in [2.05, 4.69) is 34.7 Å². The van der Waals surface area contributed by atoms with Gasteiger partial charge in [-0.05, 0) is 20.9 Å². The maximum Gasteiger partial charge on any atom is 0.134 e. The SMILES string of the molecule is CNNC(C)(C)c1ncc2cnccn12. The molecule has 2 heterocycles. The molecule has 2 aromatic rings. The first-order valence-electron chi connectivity index (χ1n) is 4.86. The van der Waals surface area contributed by atoms with Gasteiger partial charge in [-0.1, -0.05) is 0 Å². The summed E-state index contributed by atoms with van der Waals surface area (Å²) >= 11 is 0. The predicted molar refractivity (Wildman–Crippen MR) is 58.2 cm³/mol. The van der Waals surface area contributed by atoms with Gasteiger partial charge in [0.15, 0.2) is 0 Å². The van der Waals surface area contributed by atoms with Crippen LogP contribution in [0.4, 0.5) is 0 Å². The summed E-state index contributed by atoms with van der Waals surface area (Å²) < 4.78 is 2.03. The molecule has 5 nitrogen and oxygen atoms in total. The summed E-state index contributed by atoms with van der Waals surface area (Å²) in [5.74, 6) is 0.953. The van der Waals surface area contributed by atoms with Gasteiger partial charge in [-0.25, -0.2) is 10.4 Å². The van der Waals surface area contributed by atoms with Gasteiger partial charge >= 0.3 is 0 Å². The van der Waals surface area contributed by atoms with Crippen LogP contribution in [0.15, 0.2) is 24.8 Å². The van der Waals surface area contributed by atoms with Crippen molar-refractivity contribution in [3.63, 3.8) is 0 Å². The van der Waals surface area contributed by atoms with Gasteiger partial charge in [-0.15, -0.1) is 0 Å². The standard InChI is InChI=1S/C10H15N5/c1-10(2,14-11-3)9-13-7-8-6-12-4-5-15(8)9/h4-7,11,14H,1-3H3. The van der Waals surface area contributed by atoms with Crippen molar-refractivity contribution in [1.82, 2.24) is 25.2 Å². The Bertz CT molecular complexity index is 460. The first kappa shape index (κ1) is 10.1. The van der Waals surface area contributed by atoms with Crippen molar-refractivity contribution in [3.05, 3.63) is 30.6 Å². The minimum atomic E-state index is -0.234. The Hall–Kier alpha value is -1.46. The molecule has 0 unspecified atom stereocenters. The zero-order valence-electron chi connectivity index (χ0n) is 9.15. The molecule has 2 aromatic heterocycles. The van der Waals surface area contributed by atoms with Crippen molar-refractivity contribution in [2.45, 2.75) is 19.4 Å². The Balaban J connectivity index is 2.52. The number of hydrogen-bond acceptors (Lipinski definition) is 4. The van der Waals surface area contributed by atoms with Crippen molar-refractivity contribution in [2.75, 3.05) is 7.05 Å². The van der Waals surface area contributed by atoms with Crippen LogP contribution >= 0.6 is 0 Å². The van der Waals surface area contributed by atoms with E-state index in [-0.39, 0.29) is 5.54 Å². The highest BCUT2D eigenvalue weighted by Crippen LogP contribution is 2.18. The molecular formula is C10H15N5. The Labute approximate surface area is 88.5 Å². The summed E-state index contributed by atoms with van der Waals surface area (Å²) in [4.78, 5) is 8.46. The number of imidazole rings is 1. The molecule has 2 rings (SSSR count). The second-order valence-electron chi connectivity index (χ2n) is 3.95. The van der Waals surface area contributed by atoms with Crippen LogP contribution in [-0.2, 0) is 5.54 Å². The fourth-order valence-corrected chi connectivity index (χ4v) is 1.68. The zero-order chi connectivity index (χ0) is 10.9. The average Bonchev–Trinajstić information content (AvgIpc) is 2.61. The van der Waals surface area contributed by atoms with E-state index in [0.29, 0.717) is 0 Å². The third-order valence-electron chi connectivity index (χ3n) is 2.33. The Kier molecular flexibility index (Phi) is 2.42. The number of aromatic nitrogens is 3. The van der Waals surface area contributed by atoms with Crippen molar-refractivity contribution in [2.24, 2.45) is 0 Å². The lowest BCUT2D eigenvalue weighted by Crippen LogP contribution is -2.45. The van der Waals surface area contributed by atoms with Gasteiger partial charge in [0, 0.05) is 12.4 Å². The molecule has 0 fully saturated rings. The van der Waals surface area contributed by atoms with Crippen molar-refractivity contribution >= 4 is 5.52 Å². The zero-order valence-corrected chi connectivity index (χ0v) is 9.15. The molecule has 0 atom stereocenters. The topological polar surface area (TPSA) is 54.2 Å². The lowest BCUT2D eigenvalue weighted by molar-refractivity contribution is 0.339. The third-order valence-corrected chi connectivity index (χ3v) is 2.33. The van der Waals surface area contributed by atoms with E-state index in [4.69, 9.17) is 0 Å². The number of hydrogen-bond donors (Lipinski definition) is 2. The fraction of sp³-hybridized carbons (Fsp3) is 0.400. The lowest BCUT2D eigenvalue weighted by Gasteiger charge is -2.24. The van der Waals surface area contributed by atoms with Gasteiger partial charge < -0.3 is 0 Å². The van der Waals surface area contributed by atoms with E-state index < -0.39 is 0 Å². The minimum absolute atomic E-state index is 0.234. The molecule has 0 spiro atoms. The molecule has 0 saturated heterocycles. The Morgan fingerprint density at radius 3 is 2.87 bits per heavy atom. The molecule has 15 heavy (non-hydrogen) atoms. The second-order valence-corrected chi connectivity index (χ2v) is 3.95. The normalized spacial score (nSPS) is 12.2. The first-order chi connectivity index (χ1) is 7.15. The van der Waals surface area contributed by atoms with Gasteiger partial charge in [0.1, 0.15) is 5.82 Å². The summed E-state index contributed by atoms with van der Waals surface area (Å²) in [6.45, 7) is 4.14. The van der Waals surface area contributed by atoms with Crippen LogP contribution in [0, 0.1) is 0 Å². The molecule has 0 saturated carbocycles. The van der Waals surface area contributed by atoms with Crippen LogP contribution in [0.1, 0.15) is 19.7 Å². The lowest BCUT2D eigenvalue weighted by atomic mass is 10.1. The van der Waals surface area contributed by atoms with E-state index in [0.717, 1.165) is 11.3 Å². The molecular weight excluding hydrogens is 190 g/mol. The van der Waals surface area contributed by atoms with Gasteiger partial charge in [0.05, 0.1) is 23.4 Å². The second kappa shape index (κ2) is 3.60. The number of rotatable bonds is 3. The molecule has 0 amide bonds. The van der Waals surface area contributed by atoms with Gasteiger partial charge in [-0.2, -0.15) is 0 Å². The predicted octanol–water partition coefficient (Wildman–Crippen LogP) is 0.688. The Morgan fingerprint density at radius 1 is 1.33 bits per heavy atom. The van der Waals surface area contributed by atoms with E-state index in [1.54, 1.807) is 12.4 Å². The molecule has 80 valence electrons. The number of nitrogens with one attached hydrogen (secondary N) is 2. The average molecular weight is 205 g/mol. The highest BCUT2D eigenvalue weighted by atomic mass is 15.4. The molecule has 5 heteroatoms. The largest absolute Gasteiger partial charge is 0.299 e. The minimum Gasteiger partial charge on any atom is -0.299 e. The summed E-state index contributed by atoms with van der Waals surface area (Å²) in [6, 6.07) is 0. The van der Waals surface area contributed by atoms with Gasteiger partial charge in [0.25, 0.3) is 0 Å². The van der Waals surface area contributed by atoms with Crippen LogP contribution in [-0.4, -0.2) is 21.4 Å². The van der Waals surface area contributed by atoms with E-state index in [9.17, 15) is 0 Å². The molecule has 0 bridgehead atoms. The first-order valence-corrected chi connectivity index (χ1v) is 4.86. The molecule has 2 N–H and O–H groups in total. The smallest absolute Gasteiger partial charge is 0.134 e. The molecule has 0 aromatic carbocycles. The van der Waals surface area contributed by atoms with Crippen molar-refractivity contribution in [3.8, 4) is 0 Å². The monoisotopic (exact) mass is 205 g/mol. The van der Waals surface area contributed by atoms with E-state index in [1.807, 2.05) is 23.8 Å². The molecule has 0 radical (unpaired) electrons. The van der Waals surface area contributed by atoms with Gasteiger partial charge in [-0.3, -0.25) is 14.8 Å². The molecule has 0 aliphatic rings. The van der Waals surface area contributed by atoms with Crippen LogP contribution in [0.2, 0.25) is 0 Å². The third kappa shape index (κ3) is 1.71. The number of nitrogens with zero attached hydrogens (tertiary/aromatic N) is 3. The van der Waals surface area contributed by atoms with Crippen LogP contribution in [0.5, 0.6) is 0 Å². The quantitative estimate of drug-likeness (QED) is 0.724.